The molecule has 0 aliphatic carbocycles. The number of aliphatic hydroxyl groups excluding tert-OH is 1. The lowest BCUT2D eigenvalue weighted by Gasteiger charge is -2.23. The molecular weight excluding hydrogens is 246 g/mol. The van der Waals surface area contributed by atoms with Crippen molar-refractivity contribution in [3.8, 4) is 0 Å². The first-order valence-electron chi connectivity index (χ1n) is 7.07. The maximum absolute atomic E-state index is 9.34. The van der Waals surface area contributed by atoms with Gasteiger partial charge in [0.25, 0.3) is 0 Å². The van der Waals surface area contributed by atoms with Crippen LogP contribution in [0.25, 0.3) is 0 Å². The highest BCUT2D eigenvalue weighted by molar-refractivity contribution is 5.52. The van der Waals surface area contributed by atoms with E-state index in [0.717, 1.165) is 18.7 Å². The van der Waals surface area contributed by atoms with Gasteiger partial charge in [-0.25, -0.2) is 0 Å². The molecule has 0 aliphatic heterocycles. The quantitative estimate of drug-likeness (QED) is 0.838. The number of rotatable bonds is 6. The first kappa shape index (κ1) is 14.6. The molecule has 0 aliphatic rings. The van der Waals surface area contributed by atoms with Crippen LogP contribution in [0.15, 0.2) is 54.6 Å². The number of para-hydroxylation sites is 1. The molecule has 2 aromatic rings. The molecule has 0 fully saturated rings. The number of hydrogen-bond acceptors (Lipinski definition) is 2. The van der Waals surface area contributed by atoms with Crippen LogP contribution in [0.5, 0.6) is 0 Å². The van der Waals surface area contributed by atoms with Crippen LogP contribution < -0.4 is 5.32 Å². The van der Waals surface area contributed by atoms with Crippen molar-refractivity contribution in [2.45, 2.75) is 20.3 Å². The lowest BCUT2D eigenvalue weighted by Crippen LogP contribution is -2.27. The highest BCUT2D eigenvalue weighted by atomic mass is 16.3. The number of nitrogens with one attached hydrogen (secondary N) is 1. The van der Waals surface area contributed by atoms with Gasteiger partial charge in [0.1, 0.15) is 0 Å². The average Bonchev–Trinajstić information content (AvgIpc) is 2.47. The van der Waals surface area contributed by atoms with E-state index in [1.807, 2.05) is 12.1 Å². The summed E-state index contributed by atoms with van der Waals surface area (Å²) in [6.45, 7) is 5.05. The van der Waals surface area contributed by atoms with E-state index in [9.17, 15) is 5.11 Å². The summed E-state index contributed by atoms with van der Waals surface area (Å²) in [5.41, 5.74) is 3.63. The molecular formula is C18H23NO. The normalized spacial score (nSPS) is 11.3. The van der Waals surface area contributed by atoms with Crippen molar-refractivity contribution in [3.63, 3.8) is 0 Å². The van der Waals surface area contributed by atoms with E-state index in [2.05, 4.69) is 61.6 Å². The van der Waals surface area contributed by atoms with Crippen LogP contribution in [-0.4, -0.2) is 18.3 Å². The third kappa shape index (κ3) is 4.10. The zero-order valence-corrected chi connectivity index (χ0v) is 12.3. The molecule has 0 bridgehead atoms. The highest BCUT2D eigenvalue weighted by Crippen LogP contribution is 2.21. The third-order valence-corrected chi connectivity index (χ3v) is 3.44. The van der Waals surface area contributed by atoms with Gasteiger partial charge < -0.3 is 10.4 Å². The van der Waals surface area contributed by atoms with E-state index in [1.165, 1.54) is 11.1 Å². The van der Waals surface area contributed by atoms with E-state index in [0.29, 0.717) is 0 Å². The van der Waals surface area contributed by atoms with E-state index >= 15 is 0 Å². The number of anilines is 1. The summed E-state index contributed by atoms with van der Waals surface area (Å²) >= 11 is 0. The number of benzene rings is 2. The molecule has 20 heavy (non-hydrogen) atoms. The summed E-state index contributed by atoms with van der Waals surface area (Å²) in [6, 6.07) is 18.8. The van der Waals surface area contributed by atoms with Gasteiger partial charge in [-0.3, -0.25) is 0 Å². The second kappa shape index (κ2) is 6.58. The zero-order valence-electron chi connectivity index (χ0n) is 12.3. The van der Waals surface area contributed by atoms with Crippen molar-refractivity contribution >= 4 is 5.69 Å². The van der Waals surface area contributed by atoms with E-state index in [-0.39, 0.29) is 12.0 Å². The fraction of sp³-hybridized carbons (Fsp3) is 0.333. The smallest absolute Gasteiger partial charge is 0.0498 e. The van der Waals surface area contributed by atoms with Crippen molar-refractivity contribution < 1.29 is 5.11 Å². The van der Waals surface area contributed by atoms with E-state index in [4.69, 9.17) is 0 Å². The largest absolute Gasteiger partial charge is 0.396 e. The fourth-order valence-electron chi connectivity index (χ4n) is 2.05. The van der Waals surface area contributed by atoms with E-state index < -0.39 is 0 Å². The van der Waals surface area contributed by atoms with Gasteiger partial charge >= 0.3 is 0 Å². The second-order valence-corrected chi connectivity index (χ2v) is 6.00. The predicted octanol–water partition coefficient (Wildman–Crippen LogP) is 3.71. The first-order chi connectivity index (χ1) is 9.61. The monoisotopic (exact) mass is 269 g/mol. The first-order valence-corrected chi connectivity index (χ1v) is 7.07. The summed E-state index contributed by atoms with van der Waals surface area (Å²) in [4.78, 5) is 0. The van der Waals surface area contributed by atoms with Crippen LogP contribution in [-0.2, 0) is 6.42 Å². The van der Waals surface area contributed by atoms with Crippen molar-refractivity contribution in [1.29, 1.82) is 0 Å². The Morgan fingerprint density at radius 3 is 2.30 bits per heavy atom. The Morgan fingerprint density at radius 2 is 1.60 bits per heavy atom. The summed E-state index contributed by atoms with van der Waals surface area (Å²) in [7, 11) is 0. The molecule has 0 radical (unpaired) electrons. The van der Waals surface area contributed by atoms with Crippen molar-refractivity contribution in [2.75, 3.05) is 18.5 Å². The lowest BCUT2D eigenvalue weighted by molar-refractivity contribution is 0.171. The van der Waals surface area contributed by atoms with Crippen molar-refractivity contribution in [1.82, 2.24) is 0 Å². The summed E-state index contributed by atoms with van der Waals surface area (Å²) in [6.07, 6.45) is 0.920. The van der Waals surface area contributed by atoms with Crippen LogP contribution in [0, 0.1) is 5.41 Å². The molecule has 2 rings (SSSR count). The zero-order chi connectivity index (χ0) is 14.4. The minimum Gasteiger partial charge on any atom is -0.396 e. The molecule has 106 valence electrons. The SMILES string of the molecule is CC(C)(CO)CNc1ccccc1Cc1ccccc1. The summed E-state index contributed by atoms with van der Waals surface area (Å²) in [5.74, 6) is 0. The molecule has 0 saturated heterocycles. The predicted molar refractivity (Wildman–Crippen MR) is 85.0 cm³/mol. The Bertz CT molecular complexity index is 534. The minimum atomic E-state index is -0.111. The summed E-state index contributed by atoms with van der Waals surface area (Å²) in [5, 5.41) is 12.8. The maximum atomic E-state index is 9.34. The van der Waals surface area contributed by atoms with E-state index in [1.54, 1.807) is 0 Å². The maximum Gasteiger partial charge on any atom is 0.0498 e. The van der Waals surface area contributed by atoms with Gasteiger partial charge in [-0.2, -0.15) is 0 Å². The fourth-order valence-corrected chi connectivity index (χ4v) is 2.05. The van der Waals surface area contributed by atoms with Crippen LogP contribution in [0.1, 0.15) is 25.0 Å². The molecule has 0 amide bonds. The van der Waals surface area contributed by atoms with Gasteiger partial charge in [-0.05, 0) is 23.6 Å². The van der Waals surface area contributed by atoms with Crippen LogP contribution in [0.3, 0.4) is 0 Å². The van der Waals surface area contributed by atoms with Gasteiger partial charge in [0.2, 0.25) is 0 Å². The van der Waals surface area contributed by atoms with Gasteiger partial charge in [0, 0.05) is 24.3 Å². The average molecular weight is 269 g/mol. The molecule has 2 nitrogen and oxygen atoms in total. The molecule has 0 atom stereocenters. The Kier molecular flexibility index (Phi) is 4.80. The molecule has 2 N–H and O–H groups in total. The van der Waals surface area contributed by atoms with Gasteiger partial charge in [-0.1, -0.05) is 62.4 Å². The Hall–Kier alpha value is -1.80. The van der Waals surface area contributed by atoms with Crippen LogP contribution in [0.2, 0.25) is 0 Å². The van der Waals surface area contributed by atoms with Gasteiger partial charge in [-0.15, -0.1) is 0 Å². The molecule has 0 unspecified atom stereocenters. The van der Waals surface area contributed by atoms with Gasteiger partial charge in [0.15, 0.2) is 0 Å². The molecule has 0 saturated carbocycles. The molecule has 0 aromatic heterocycles. The highest BCUT2D eigenvalue weighted by Gasteiger charge is 2.16. The number of hydrogen-bond donors (Lipinski definition) is 2. The van der Waals surface area contributed by atoms with Crippen molar-refractivity contribution in [3.05, 3.63) is 65.7 Å². The van der Waals surface area contributed by atoms with Crippen LogP contribution >= 0.6 is 0 Å². The molecule has 0 heterocycles. The number of aliphatic hydroxyl groups is 1. The Morgan fingerprint density at radius 1 is 0.950 bits per heavy atom. The lowest BCUT2D eigenvalue weighted by atomic mass is 9.94. The second-order valence-electron chi connectivity index (χ2n) is 6.00. The third-order valence-electron chi connectivity index (χ3n) is 3.44. The molecule has 2 aromatic carbocycles. The Labute approximate surface area is 121 Å². The minimum absolute atomic E-state index is 0.111. The Balaban J connectivity index is 2.10. The summed E-state index contributed by atoms with van der Waals surface area (Å²) < 4.78 is 0. The molecule has 2 heteroatoms. The van der Waals surface area contributed by atoms with Gasteiger partial charge in [0.05, 0.1) is 0 Å². The van der Waals surface area contributed by atoms with Crippen LogP contribution in [0.4, 0.5) is 5.69 Å². The van der Waals surface area contributed by atoms with Crippen molar-refractivity contribution in [2.24, 2.45) is 5.41 Å². The standard InChI is InChI=1S/C18H23NO/c1-18(2,14-20)13-19-17-11-7-6-10-16(17)12-15-8-4-3-5-9-15/h3-11,19-20H,12-14H2,1-2H3. The topological polar surface area (TPSA) is 32.3 Å². The molecule has 0 spiro atoms.